The minimum absolute atomic E-state index is 0.184. The first kappa shape index (κ1) is 13.7. The van der Waals surface area contributed by atoms with Crippen LogP contribution in [-0.4, -0.2) is 11.5 Å². The summed E-state index contributed by atoms with van der Waals surface area (Å²) in [5.41, 5.74) is 1.61. The van der Waals surface area contributed by atoms with Crippen molar-refractivity contribution in [2.45, 2.75) is 32.7 Å². The van der Waals surface area contributed by atoms with Crippen LogP contribution in [0.3, 0.4) is 0 Å². The van der Waals surface area contributed by atoms with Crippen molar-refractivity contribution in [3.63, 3.8) is 0 Å². The maximum absolute atomic E-state index is 14.0. The van der Waals surface area contributed by atoms with Gasteiger partial charge in [0.15, 0.2) is 0 Å². The van der Waals surface area contributed by atoms with Crippen LogP contribution in [0.25, 0.3) is 0 Å². The number of halogens is 1. The van der Waals surface area contributed by atoms with Crippen molar-refractivity contribution in [3.8, 4) is 0 Å². The van der Waals surface area contributed by atoms with Crippen molar-refractivity contribution >= 4 is 0 Å². The lowest BCUT2D eigenvalue weighted by atomic mass is 9.98. The van der Waals surface area contributed by atoms with Gasteiger partial charge in [-0.1, -0.05) is 13.8 Å². The van der Waals surface area contributed by atoms with Gasteiger partial charge in [-0.25, -0.2) is 4.39 Å². The molecule has 0 aliphatic carbocycles. The van der Waals surface area contributed by atoms with Gasteiger partial charge in [0, 0.05) is 23.7 Å². The first-order valence-electron chi connectivity index (χ1n) is 6.67. The monoisotopic (exact) mass is 262 g/mol. The average Bonchev–Trinajstić information content (AvgIpc) is 2.89. The molecule has 1 unspecified atom stereocenters. The second-order valence-corrected chi connectivity index (χ2v) is 4.44. The highest BCUT2D eigenvalue weighted by Crippen LogP contribution is 2.27. The van der Waals surface area contributed by atoms with Gasteiger partial charge >= 0.3 is 0 Å². The van der Waals surface area contributed by atoms with Crippen molar-refractivity contribution in [3.05, 3.63) is 53.5 Å². The molecule has 0 bridgehead atoms. The number of nitrogens with one attached hydrogen (secondary N) is 1. The number of pyridine rings is 1. The largest absolute Gasteiger partial charge is 0.469 e. The Morgan fingerprint density at radius 2 is 2.16 bits per heavy atom. The van der Waals surface area contributed by atoms with Crippen LogP contribution in [0.2, 0.25) is 0 Å². The number of aryl methyl sites for hydroxylation is 1. The summed E-state index contributed by atoms with van der Waals surface area (Å²) in [5, 5.41) is 3.38. The summed E-state index contributed by atoms with van der Waals surface area (Å²) >= 11 is 0. The summed E-state index contributed by atoms with van der Waals surface area (Å²) in [7, 11) is 0. The molecule has 0 spiro atoms. The van der Waals surface area contributed by atoms with Crippen LogP contribution in [0.5, 0.6) is 0 Å². The SMILES string of the molecule is CCCNC(c1ccncc1F)c1ccoc1CC. The fourth-order valence-electron chi connectivity index (χ4n) is 2.19. The number of aromatic nitrogens is 1. The normalized spacial score (nSPS) is 12.6. The molecule has 2 aromatic rings. The molecule has 0 aliphatic rings. The lowest BCUT2D eigenvalue weighted by Gasteiger charge is -2.19. The number of furan rings is 1. The molecule has 0 amide bonds. The van der Waals surface area contributed by atoms with Crippen LogP contribution in [-0.2, 0) is 6.42 Å². The predicted molar refractivity (Wildman–Crippen MR) is 72.4 cm³/mol. The number of hydrogen-bond acceptors (Lipinski definition) is 3. The molecule has 1 atom stereocenters. The van der Waals surface area contributed by atoms with Crippen LogP contribution in [0.15, 0.2) is 35.2 Å². The molecule has 2 aromatic heterocycles. The summed E-state index contributed by atoms with van der Waals surface area (Å²) in [6.45, 7) is 4.94. The summed E-state index contributed by atoms with van der Waals surface area (Å²) in [4.78, 5) is 3.81. The van der Waals surface area contributed by atoms with Gasteiger partial charge < -0.3 is 9.73 Å². The van der Waals surface area contributed by atoms with E-state index in [0.717, 1.165) is 30.7 Å². The number of nitrogens with zero attached hydrogens (tertiary/aromatic N) is 1. The molecule has 0 aromatic carbocycles. The van der Waals surface area contributed by atoms with Gasteiger partial charge in [0.1, 0.15) is 11.6 Å². The average molecular weight is 262 g/mol. The third kappa shape index (κ3) is 3.01. The summed E-state index contributed by atoms with van der Waals surface area (Å²) in [6.07, 6.45) is 6.31. The van der Waals surface area contributed by atoms with Gasteiger partial charge in [0.2, 0.25) is 0 Å². The Kier molecular flexibility index (Phi) is 4.68. The maximum Gasteiger partial charge on any atom is 0.146 e. The zero-order chi connectivity index (χ0) is 13.7. The molecule has 3 nitrogen and oxygen atoms in total. The van der Waals surface area contributed by atoms with Crippen LogP contribution in [0, 0.1) is 5.82 Å². The van der Waals surface area contributed by atoms with E-state index in [1.807, 2.05) is 13.0 Å². The third-order valence-corrected chi connectivity index (χ3v) is 3.13. The van der Waals surface area contributed by atoms with Crippen molar-refractivity contribution in [2.24, 2.45) is 0 Å². The van der Waals surface area contributed by atoms with Gasteiger partial charge in [-0.05, 0) is 25.1 Å². The van der Waals surface area contributed by atoms with Gasteiger partial charge in [0.05, 0.1) is 18.5 Å². The van der Waals surface area contributed by atoms with E-state index < -0.39 is 0 Å². The van der Waals surface area contributed by atoms with E-state index in [1.165, 1.54) is 6.20 Å². The van der Waals surface area contributed by atoms with Crippen LogP contribution < -0.4 is 5.32 Å². The van der Waals surface area contributed by atoms with E-state index in [1.54, 1.807) is 18.5 Å². The molecule has 0 aliphatic heterocycles. The topological polar surface area (TPSA) is 38.1 Å². The fraction of sp³-hybridized carbons (Fsp3) is 0.400. The van der Waals surface area contributed by atoms with Crippen molar-refractivity contribution in [2.75, 3.05) is 6.54 Å². The lowest BCUT2D eigenvalue weighted by Crippen LogP contribution is -2.24. The second kappa shape index (κ2) is 6.48. The Balaban J connectivity index is 2.39. The Labute approximate surface area is 112 Å². The highest BCUT2D eigenvalue weighted by Gasteiger charge is 2.21. The highest BCUT2D eigenvalue weighted by molar-refractivity contribution is 5.33. The molecule has 19 heavy (non-hydrogen) atoms. The van der Waals surface area contributed by atoms with Crippen LogP contribution in [0.4, 0.5) is 4.39 Å². The van der Waals surface area contributed by atoms with Crippen molar-refractivity contribution < 1.29 is 8.81 Å². The summed E-state index contributed by atoms with van der Waals surface area (Å²) < 4.78 is 19.4. The van der Waals surface area contributed by atoms with E-state index in [2.05, 4.69) is 17.2 Å². The van der Waals surface area contributed by atoms with Crippen LogP contribution in [0.1, 0.15) is 43.2 Å². The molecule has 4 heteroatoms. The fourth-order valence-corrected chi connectivity index (χ4v) is 2.19. The van der Waals surface area contributed by atoms with E-state index in [0.29, 0.717) is 5.56 Å². The quantitative estimate of drug-likeness (QED) is 0.866. The molecule has 0 saturated carbocycles. The zero-order valence-electron chi connectivity index (χ0n) is 11.3. The van der Waals surface area contributed by atoms with E-state index in [9.17, 15) is 4.39 Å². The van der Waals surface area contributed by atoms with Gasteiger partial charge in [-0.3, -0.25) is 4.98 Å². The zero-order valence-corrected chi connectivity index (χ0v) is 11.3. The summed E-state index contributed by atoms with van der Waals surface area (Å²) in [5.74, 6) is 0.601. The Morgan fingerprint density at radius 3 is 2.84 bits per heavy atom. The minimum Gasteiger partial charge on any atom is -0.469 e. The highest BCUT2D eigenvalue weighted by atomic mass is 19.1. The maximum atomic E-state index is 14.0. The molecular formula is C15H19FN2O. The first-order chi connectivity index (χ1) is 9.27. The molecule has 2 rings (SSSR count). The standard InChI is InChI=1S/C15H19FN2O/c1-3-7-18-15(11-5-8-17-10-13(11)16)12-6-9-19-14(12)4-2/h5-6,8-10,15,18H,3-4,7H2,1-2H3. The smallest absolute Gasteiger partial charge is 0.146 e. The molecular weight excluding hydrogens is 243 g/mol. The predicted octanol–water partition coefficient (Wildman–Crippen LogP) is 3.47. The molecule has 102 valence electrons. The van der Waals surface area contributed by atoms with E-state index in [-0.39, 0.29) is 11.9 Å². The number of hydrogen-bond donors (Lipinski definition) is 1. The lowest BCUT2D eigenvalue weighted by molar-refractivity contribution is 0.493. The van der Waals surface area contributed by atoms with Gasteiger partial charge in [-0.15, -0.1) is 0 Å². The Morgan fingerprint density at radius 1 is 1.32 bits per heavy atom. The molecule has 2 heterocycles. The van der Waals surface area contributed by atoms with Crippen molar-refractivity contribution in [1.82, 2.24) is 10.3 Å². The molecule has 1 N–H and O–H groups in total. The van der Waals surface area contributed by atoms with E-state index in [4.69, 9.17) is 4.42 Å². The Bertz CT molecular complexity index is 524. The summed E-state index contributed by atoms with van der Waals surface area (Å²) in [6, 6.07) is 3.44. The van der Waals surface area contributed by atoms with Gasteiger partial charge in [-0.2, -0.15) is 0 Å². The van der Waals surface area contributed by atoms with Crippen molar-refractivity contribution in [1.29, 1.82) is 0 Å². The van der Waals surface area contributed by atoms with Crippen LogP contribution >= 0.6 is 0 Å². The molecule has 0 fully saturated rings. The second-order valence-electron chi connectivity index (χ2n) is 4.44. The minimum atomic E-state index is -0.292. The van der Waals surface area contributed by atoms with Gasteiger partial charge in [0.25, 0.3) is 0 Å². The Hall–Kier alpha value is -1.68. The first-order valence-corrected chi connectivity index (χ1v) is 6.67. The number of rotatable bonds is 6. The van der Waals surface area contributed by atoms with E-state index >= 15 is 0 Å². The third-order valence-electron chi connectivity index (χ3n) is 3.13. The molecule has 0 radical (unpaired) electrons. The molecule has 0 saturated heterocycles.